The zero-order valence-corrected chi connectivity index (χ0v) is 11.3. The lowest BCUT2D eigenvalue weighted by atomic mass is 9.77. The molecule has 1 saturated heterocycles. The molecule has 1 spiro atoms. The highest BCUT2D eigenvalue weighted by atomic mass is 16.2. The van der Waals surface area contributed by atoms with Crippen molar-refractivity contribution >= 4 is 11.6 Å². The number of likely N-dealkylation sites (tertiary alicyclic amines) is 1. The minimum Gasteiger partial charge on any atom is -0.397 e. The van der Waals surface area contributed by atoms with Gasteiger partial charge in [0.05, 0.1) is 17.4 Å². The first-order chi connectivity index (χ1) is 9.20. The average Bonchev–Trinajstić information content (AvgIpc) is 2.88. The summed E-state index contributed by atoms with van der Waals surface area (Å²) in [7, 11) is 0. The smallest absolute Gasteiger partial charge is 0.256 e. The number of rotatable bonds is 1. The van der Waals surface area contributed by atoms with Gasteiger partial charge in [-0.3, -0.25) is 9.78 Å². The topological polar surface area (TPSA) is 59.2 Å². The van der Waals surface area contributed by atoms with E-state index in [-0.39, 0.29) is 5.91 Å². The Morgan fingerprint density at radius 1 is 1.21 bits per heavy atom. The largest absolute Gasteiger partial charge is 0.397 e. The van der Waals surface area contributed by atoms with Crippen LogP contribution in [0.3, 0.4) is 0 Å². The van der Waals surface area contributed by atoms with E-state index in [1.165, 1.54) is 25.7 Å². The van der Waals surface area contributed by atoms with E-state index in [1.54, 1.807) is 18.5 Å². The Bertz CT molecular complexity index is 470. The number of hydrogen-bond acceptors (Lipinski definition) is 3. The third kappa shape index (κ3) is 2.31. The molecule has 4 nitrogen and oxygen atoms in total. The Morgan fingerprint density at radius 2 is 1.89 bits per heavy atom. The number of nitrogen functional groups attached to an aromatic ring is 1. The first-order valence-corrected chi connectivity index (χ1v) is 7.19. The number of pyridine rings is 1. The SMILES string of the molecule is Nc1cnccc1C(=O)N1CCC2(CCCC2)CC1. The lowest BCUT2D eigenvalue weighted by Gasteiger charge is -2.39. The molecule has 4 heteroatoms. The Labute approximate surface area is 114 Å². The quantitative estimate of drug-likeness (QED) is 0.842. The molecule has 3 rings (SSSR count). The van der Waals surface area contributed by atoms with Gasteiger partial charge in [-0.15, -0.1) is 0 Å². The predicted molar refractivity (Wildman–Crippen MR) is 74.7 cm³/mol. The van der Waals surface area contributed by atoms with Crippen LogP contribution in [0.5, 0.6) is 0 Å². The first-order valence-electron chi connectivity index (χ1n) is 7.19. The molecule has 2 N–H and O–H groups in total. The summed E-state index contributed by atoms with van der Waals surface area (Å²) in [4.78, 5) is 18.3. The van der Waals surface area contributed by atoms with E-state index in [0.29, 0.717) is 16.7 Å². The molecule has 1 aliphatic heterocycles. The molecule has 2 aliphatic rings. The summed E-state index contributed by atoms with van der Waals surface area (Å²) in [5.74, 6) is 0.0627. The summed E-state index contributed by atoms with van der Waals surface area (Å²) in [5.41, 5.74) is 7.45. The number of amides is 1. The molecule has 19 heavy (non-hydrogen) atoms. The zero-order valence-electron chi connectivity index (χ0n) is 11.3. The molecule has 1 aliphatic carbocycles. The van der Waals surface area contributed by atoms with Crippen LogP contribution in [0.2, 0.25) is 0 Å². The normalized spacial score (nSPS) is 21.8. The molecular formula is C15H21N3O. The summed E-state index contributed by atoms with van der Waals surface area (Å²) >= 11 is 0. The van der Waals surface area contributed by atoms with Crippen LogP contribution in [0.25, 0.3) is 0 Å². The standard InChI is InChI=1S/C15H21N3O/c16-13-11-17-8-3-12(13)14(19)18-9-6-15(7-10-18)4-1-2-5-15/h3,8,11H,1-2,4-7,9-10,16H2. The highest BCUT2D eigenvalue weighted by Gasteiger charge is 2.38. The van der Waals surface area contributed by atoms with Gasteiger partial charge in [0.1, 0.15) is 0 Å². The maximum absolute atomic E-state index is 12.4. The number of hydrogen-bond donors (Lipinski definition) is 1. The number of carbonyl (C=O) groups is 1. The minimum absolute atomic E-state index is 0.0627. The molecule has 1 aromatic rings. The van der Waals surface area contributed by atoms with Crippen molar-refractivity contribution in [2.45, 2.75) is 38.5 Å². The van der Waals surface area contributed by atoms with Gasteiger partial charge in [0.2, 0.25) is 0 Å². The number of piperidine rings is 1. The van der Waals surface area contributed by atoms with Crippen molar-refractivity contribution in [3.05, 3.63) is 24.0 Å². The third-order valence-corrected chi connectivity index (χ3v) is 4.86. The lowest BCUT2D eigenvalue weighted by molar-refractivity contribution is 0.0588. The molecule has 1 amide bonds. The molecule has 1 aromatic heterocycles. The van der Waals surface area contributed by atoms with Crippen LogP contribution < -0.4 is 5.73 Å². The van der Waals surface area contributed by atoms with Crippen molar-refractivity contribution in [2.24, 2.45) is 5.41 Å². The molecule has 0 atom stereocenters. The van der Waals surface area contributed by atoms with Gasteiger partial charge in [-0.1, -0.05) is 12.8 Å². The van der Waals surface area contributed by atoms with Crippen LogP contribution in [0.15, 0.2) is 18.5 Å². The zero-order chi connectivity index (χ0) is 13.3. The summed E-state index contributed by atoms with van der Waals surface area (Å²) in [6.45, 7) is 1.75. The second-order valence-electron chi connectivity index (χ2n) is 5.96. The fraction of sp³-hybridized carbons (Fsp3) is 0.600. The van der Waals surface area contributed by atoms with Crippen LogP contribution in [0.1, 0.15) is 48.9 Å². The van der Waals surface area contributed by atoms with E-state index in [1.807, 2.05) is 4.90 Å². The molecule has 1 saturated carbocycles. The van der Waals surface area contributed by atoms with E-state index in [2.05, 4.69) is 4.98 Å². The number of nitrogens with two attached hydrogens (primary N) is 1. The third-order valence-electron chi connectivity index (χ3n) is 4.86. The summed E-state index contributed by atoms with van der Waals surface area (Å²) in [6.07, 6.45) is 10.9. The molecule has 0 bridgehead atoms. The van der Waals surface area contributed by atoms with Crippen LogP contribution >= 0.6 is 0 Å². The molecular weight excluding hydrogens is 238 g/mol. The van der Waals surface area contributed by atoms with Crippen LogP contribution in [-0.2, 0) is 0 Å². The monoisotopic (exact) mass is 259 g/mol. The number of aromatic nitrogens is 1. The molecule has 102 valence electrons. The van der Waals surface area contributed by atoms with Gasteiger partial charge in [-0.05, 0) is 37.2 Å². The summed E-state index contributed by atoms with van der Waals surface area (Å²) < 4.78 is 0. The number of anilines is 1. The summed E-state index contributed by atoms with van der Waals surface area (Å²) in [6, 6.07) is 1.72. The van der Waals surface area contributed by atoms with Crippen molar-refractivity contribution in [1.29, 1.82) is 0 Å². The van der Waals surface area contributed by atoms with Crippen molar-refractivity contribution < 1.29 is 4.79 Å². The van der Waals surface area contributed by atoms with E-state index in [4.69, 9.17) is 5.73 Å². The van der Waals surface area contributed by atoms with Gasteiger partial charge in [-0.25, -0.2) is 0 Å². The van der Waals surface area contributed by atoms with E-state index in [0.717, 1.165) is 25.9 Å². The van der Waals surface area contributed by atoms with Gasteiger partial charge in [0, 0.05) is 19.3 Å². The van der Waals surface area contributed by atoms with Gasteiger partial charge < -0.3 is 10.6 Å². The van der Waals surface area contributed by atoms with Crippen LogP contribution in [0, 0.1) is 5.41 Å². The Kier molecular flexibility index (Phi) is 3.17. The Balaban J connectivity index is 1.68. The van der Waals surface area contributed by atoms with Gasteiger partial charge in [-0.2, -0.15) is 0 Å². The maximum atomic E-state index is 12.4. The van der Waals surface area contributed by atoms with Crippen molar-refractivity contribution in [2.75, 3.05) is 18.8 Å². The maximum Gasteiger partial charge on any atom is 0.256 e. The fourth-order valence-electron chi connectivity index (χ4n) is 3.58. The van der Waals surface area contributed by atoms with Gasteiger partial charge >= 0.3 is 0 Å². The lowest BCUT2D eigenvalue weighted by Crippen LogP contribution is -2.42. The highest BCUT2D eigenvalue weighted by Crippen LogP contribution is 2.46. The first kappa shape index (κ1) is 12.5. The fourth-order valence-corrected chi connectivity index (χ4v) is 3.58. The second kappa shape index (κ2) is 4.83. The highest BCUT2D eigenvalue weighted by molar-refractivity contribution is 5.98. The summed E-state index contributed by atoms with van der Waals surface area (Å²) in [5, 5.41) is 0. The van der Waals surface area contributed by atoms with Crippen molar-refractivity contribution in [1.82, 2.24) is 9.88 Å². The van der Waals surface area contributed by atoms with E-state index in [9.17, 15) is 4.79 Å². The number of nitrogens with zero attached hydrogens (tertiary/aromatic N) is 2. The van der Waals surface area contributed by atoms with Crippen LogP contribution in [-0.4, -0.2) is 28.9 Å². The van der Waals surface area contributed by atoms with Crippen molar-refractivity contribution in [3.8, 4) is 0 Å². The predicted octanol–water partition coefficient (Wildman–Crippen LogP) is 2.46. The molecule has 0 unspecified atom stereocenters. The minimum atomic E-state index is 0.0627. The van der Waals surface area contributed by atoms with Crippen LogP contribution in [0.4, 0.5) is 5.69 Å². The molecule has 0 aromatic carbocycles. The molecule has 0 radical (unpaired) electrons. The second-order valence-corrected chi connectivity index (χ2v) is 5.96. The van der Waals surface area contributed by atoms with E-state index >= 15 is 0 Å². The van der Waals surface area contributed by atoms with E-state index < -0.39 is 0 Å². The van der Waals surface area contributed by atoms with Gasteiger partial charge in [0.25, 0.3) is 5.91 Å². The van der Waals surface area contributed by atoms with Crippen molar-refractivity contribution in [3.63, 3.8) is 0 Å². The Hall–Kier alpha value is -1.58. The Morgan fingerprint density at radius 3 is 2.53 bits per heavy atom. The average molecular weight is 259 g/mol. The molecule has 2 fully saturated rings. The van der Waals surface area contributed by atoms with Gasteiger partial charge in [0.15, 0.2) is 0 Å². The molecule has 2 heterocycles. The number of carbonyl (C=O) groups excluding carboxylic acids is 1.